The first kappa shape index (κ1) is 14.8. The van der Waals surface area contributed by atoms with E-state index in [1.807, 2.05) is 13.0 Å². The van der Waals surface area contributed by atoms with Crippen LogP contribution >= 0.6 is 11.3 Å². The molecule has 3 rings (SSSR count). The number of halogens is 1. The lowest BCUT2D eigenvalue weighted by molar-refractivity contribution is 0.298. The van der Waals surface area contributed by atoms with Crippen LogP contribution < -0.4 is 0 Å². The van der Waals surface area contributed by atoms with Gasteiger partial charge in [-0.05, 0) is 31.2 Å². The second-order valence-electron chi connectivity index (χ2n) is 4.91. The van der Waals surface area contributed by atoms with E-state index in [0.717, 1.165) is 21.1 Å². The van der Waals surface area contributed by atoms with Gasteiger partial charge in [0.2, 0.25) is 0 Å². The number of pyridine rings is 1. The Morgan fingerprint density at radius 2 is 2.00 bits per heavy atom. The summed E-state index contributed by atoms with van der Waals surface area (Å²) in [6.45, 7) is 2.09. The van der Waals surface area contributed by atoms with Gasteiger partial charge < -0.3 is 5.11 Å². The maximum atomic E-state index is 13.8. The predicted molar refractivity (Wildman–Crippen MR) is 86.3 cm³/mol. The highest BCUT2D eigenvalue weighted by Crippen LogP contribution is 2.29. The zero-order valence-corrected chi connectivity index (χ0v) is 12.9. The number of aryl methyl sites for hydroxylation is 1. The van der Waals surface area contributed by atoms with Gasteiger partial charge in [0.05, 0.1) is 11.4 Å². The van der Waals surface area contributed by atoms with Gasteiger partial charge >= 0.3 is 0 Å². The van der Waals surface area contributed by atoms with Gasteiger partial charge in [0, 0.05) is 35.2 Å². The largest absolute Gasteiger partial charge is 0.396 e. The molecule has 1 aromatic carbocycles. The summed E-state index contributed by atoms with van der Waals surface area (Å²) in [7, 11) is 0. The standard InChI is InChI=1S/C17H15FN2OS/c1-11-15(8-9-21)20-17(22-11)12-6-7-16(19-10-12)13-4-2-3-5-14(13)18/h2-7,10,21H,8-9H2,1H3. The highest BCUT2D eigenvalue weighted by atomic mass is 32.1. The minimum absolute atomic E-state index is 0.0918. The summed E-state index contributed by atoms with van der Waals surface area (Å²) in [5.41, 5.74) is 2.91. The number of hydrogen-bond acceptors (Lipinski definition) is 4. The Labute approximate surface area is 132 Å². The van der Waals surface area contributed by atoms with E-state index in [1.165, 1.54) is 6.07 Å². The van der Waals surface area contributed by atoms with Gasteiger partial charge in [-0.15, -0.1) is 11.3 Å². The van der Waals surface area contributed by atoms with E-state index < -0.39 is 0 Å². The second-order valence-corrected chi connectivity index (χ2v) is 6.11. The summed E-state index contributed by atoms with van der Waals surface area (Å²) in [5, 5.41) is 9.90. The molecule has 5 heteroatoms. The van der Waals surface area contributed by atoms with Crippen molar-refractivity contribution in [3.8, 4) is 21.8 Å². The number of rotatable bonds is 4. The molecule has 0 amide bonds. The van der Waals surface area contributed by atoms with Crippen molar-refractivity contribution in [1.82, 2.24) is 9.97 Å². The fraction of sp³-hybridized carbons (Fsp3) is 0.176. The molecule has 2 heterocycles. The van der Waals surface area contributed by atoms with E-state index in [0.29, 0.717) is 17.7 Å². The summed E-state index contributed by atoms with van der Waals surface area (Å²) >= 11 is 1.58. The summed E-state index contributed by atoms with van der Waals surface area (Å²) in [4.78, 5) is 9.98. The highest BCUT2D eigenvalue weighted by Gasteiger charge is 2.11. The van der Waals surface area contributed by atoms with E-state index in [1.54, 1.807) is 41.8 Å². The van der Waals surface area contributed by atoms with E-state index in [4.69, 9.17) is 5.11 Å². The third-order valence-corrected chi connectivity index (χ3v) is 4.46. The third-order valence-electron chi connectivity index (χ3n) is 3.40. The van der Waals surface area contributed by atoms with Gasteiger partial charge in [0.15, 0.2) is 0 Å². The number of thiazole rings is 1. The van der Waals surface area contributed by atoms with Crippen molar-refractivity contribution in [3.05, 3.63) is 59.0 Å². The first-order valence-corrected chi connectivity index (χ1v) is 7.79. The van der Waals surface area contributed by atoms with Crippen LogP contribution in [0.2, 0.25) is 0 Å². The first-order chi connectivity index (χ1) is 10.7. The molecular weight excluding hydrogens is 299 g/mol. The summed E-state index contributed by atoms with van der Waals surface area (Å²) in [6.07, 6.45) is 2.27. The molecule has 22 heavy (non-hydrogen) atoms. The van der Waals surface area contributed by atoms with Crippen molar-refractivity contribution in [2.24, 2.45) is 0 Å². The molecular formula is C17H15FN2OS. The minimum atomic E-state index is -0.280. The predicted octanol–water partition coefficient (Wildman–Crippen LogP) is 3.85. The van der Waals surface area contributed by atoms with Crippen LogP contribution in [0.4, 0.5) is 4.39 Å². The number of nitrogens with zero attached hydrogens (tertiary/aromatic N) is 2. The second kappa shape index (κ2) is 6.34. The Morgan fingerprint density at radius 3 is 2.68 bits per heavy atom. The monoisotopic (exact) mass is 314 g/mol. The van der Waals surface area contributed by atoms with Crippen molar-refractivity contribution in [2.75, 3.05) is 6.61 Å². The van der Waals surface area contributed by atoms with Gasteiger partial charge in [0.25, 0.3) is 0 Å². The summed E-state index contributed by atoms with van der Waals surface area (Å²) in [5.74, 6) is -0.280. The fourth-order valence-electron chi connectivity index (χ4n) is 2.24. The quantitative estimate of drug-likeness (QED) is 0.795. The molecule has 0 radical (unpaired) electrons. The number of aliphatic hydroxyl groups is 1. The molecule has 0 aliphatic heterocycles. The van der Waals surface area contributed by atoms with Crippen LogP contribution in [0, 0.1) is 12.7 Å². The number of benzene rings is 1. The Balaban J connectivity index is 1.91. The third kappa shape index (κ3) is 2.91. The lowest BCUT2D eigenvalue weighted by atomic mass is 10.1. The molecule has 0 aliphatic carbocycles. The molecule has 2 aromatic heterocycles. The summed E-state index contributed by atoms with van der Waals surface area (Å²) in [6, 6.07) is 10.3. The molecule has 0 spiro atoms. The molecule has 0 bridgehead atoms. The van der Waals surface area contributed by atoms with Crippen LogP contribution in [0.15, 0.2) is 42.6 Å². The average Bonchev–Trinajstić information content (AvgIpc) is 2.90. The Morgan fingerprint density at radius 1 is 1.18 bits per heavy atom. The Hall–Kier alpha value is -2.11. The number of hydrogen-bond donors (Lipinski definition) is 1. The Kier molecular flexibility index (Phi) is 4.27. The van der Waals surface area contributed by atoms with Crippen LogP contribution in [-0.2, 0) is 6.42 Å². The van der Waals surface area contributed by atoms with E-state index in [2.05, 4.69) is 9.97 Å². The number of aliphatic hydroxyl groups excluding tert-OH is 1. The van der Waals surface area contributed by atoms with Crippen molar-refractivity contribution in [2.45, 2.75) is 13.3 Å². The lowest BCUT2D eigenvalue weighted by Crippen LogP contribution is -1.93. The maximum absolute atomic E-state index is 13.8. The maximum Gasteiger partial charge on any atom is 0.132 e. The van der Waals surface area contributed by atoms with Gasteiger partial charge in [0.1, 0.15) is 10.8 Å². The zero-order valence-electron chi connectivity index (χ0n) is 12.1. The zero-order chi connectivity index (χ0) is 15.5. The molecule has 3 aromatic rings. The van der Waals surface area contributed by atoms with Gasteiger partial charge in [-0.2, -0.15) is 0 Å². The van der Waals surface area contributed by atoms with Crippen molar-refractivity contribution >= 4 is 11.3 Å². The molecule has 1 N–H and O–H groups in total. The van der Waals surface area contributed by atoms with Crippen LogP contribution in [0.5, 0.6) is 0 Å². The SMILES string of the molecule is Cc1sc(-c2ccc(-c3ccccc3F)nc2)nc1CCO. The van der Waals surface area contributed by atoms with Gasteiger partial charge in [-0.3, -0.25) is 4.98 Å². The van der Waals surface area contributed by atoms with Crippen LogP contribution in [0.25, 0.3) is 21.8 Å². The molecule has 0 saturated carbocycles. The molecule has 112 valence electrons. The highest BCUT2D eigenvalue weighted by molar-refractivity contribution is 7.15. The lowest BCUT2D eigenvalue weighted by Gasteiger charge is -2.03. The van der Waals surface area contributed by atoms with E-state index in [9.17, 15) is 4.39 Å². The Bertz CT molecular complexity index is 784. The normalized spacial score (nSPS) is 10.9. The van der Waals surface area contributed by atoms with Crippen molar-refractivity contribution < 1.29 is 9.50 Å². The molecule has 0 atom stereocenters. The molecule has 0 unspecified atom stereocenters. The molecule has 0 aliphatic rings. The number of aromatic nitrogens is 2. The van der Waals surface area contributed by atoms with Crippen LogP contribution in [-0.4, -0.2) is 21.7 Å². The average molecular weight is 314 g/mol. The van der Waals surface area contributed by atoms with Crippen LogP contribution in [0.3, 0.4) is 0 Å². The fourth-order valence-corrected chi connectivity index (χ4v) is 3.19. The molecule has 0 saturated heterocycles. The van der Waals surface area contributed by atoms with Crippen LogP contribution in [0.1, 0.15) is 10.6 Å². The summed E-state index contributed by atoms with van der Waals surface area (Å²) < 4.78 is 13.8. The van der Waals surface area contributed by atoms with Gasteiger partial charge in [-0.1, -0.05) is 12.1 Å². The van der Waals surface area contributed by atoms with E-state index in [-0.39, 0.29) is 12.4 Å². The topological polar surface area (TPSA) is 46.0 Å². The van der Waals surface area contributed by atoms with Crippen molar-refractivity contribution in [3.63, 3.8) is 0 Å². The minimum Gasteiger partial charge on any atom is -0.396 e. The van der Waals surface area contributed by atoms with E-state index >= 15 is 0 Å². The smallest absolute Gasteiger partial charge is 0.132 e. The molecule has 3 nitrogen and oxygen atoms in total. The molecule has 0 fully saturated rings. The van der Waals surface area contributed by atoms with Crippen molar-refractivity contribution in [1.29, 1.82) is 0 Å². The van der Waals surface area contributed by atoms with Gasteiger partial charge in [-0.25, -0.2) is 9.37 Å². The first-order valence-electron chi connectivity index (χ1n) is 6.97.